The number of nitrogens with zero attached hydrogens (tertiary/aromatic N) is 4. The fraction of sp³-hybridized carbons (Fsp3) is 0.824. The van der Waals surface area contributed by atoms with E-state index in [-0.39, 0.29) is 48.4 Å². The summed E-state index contributed by atoms with van der Waals surface area (Å²) in [7, 11) is 3.44. The number of carbonyl (C=O) groups excluding carboxylic acids is 2. The summed E-state index contributed by atoms with van der Waals surface area (Å²) in [6, 6.07) is 0.449. The molecule has 1 saturated carbocycles. The molecular formula is C17H30IN5O3. The highest BCUT2D eigenvalue weighted by molar-refractivity contribution is 14.0. The fourth-order valence-corrected chi connectivity index (χ4v) is 3.20. The number of ether oxygens (including phenoxy) is 1. The molecule has 2 saturated heterocycles. The van der Waals surface area contributed by atoms with Crippen LogP contribution in [0.5, 0.6) is 0 Å². The predicted octanol–water partition coefficient (Wildman–Crippen LogP) is 0.124. The average molecular weight is 479 g/mol. The van der Waals surface area contributed by atoms with Crippen molar-refractivity contribution in [2.75, 3.05) is 53.4 Å². The normalized spacial score (nSPS) is 23.7. The van der Waals surface area contributed by atoms with Gasteiger partial charge in [-0.1, -0.05) is 0 Å². The number of hydrogen-bond acceptors (Lipinski definition) is 4. The van der Waals surface area contributed by atoms with Crippen LogP contribution in [0.4, 0.5) is 0 Å². The maximum absolute atomic E-state index is 12.4. The number of amides is 2. The second kappa shape index (κ2) is 9.72. The number of guanidine groups is 1. The van der Waals surface area contributed by atoms with Crippen molar-refractivity contribution in [2.24, 2.45) is 4.99 Å². The van der Waals surface area contributed by atoms with Crippen molar-refractivity contribution in [2.45, 2.75) is 37.8 Å². The van der Waals surface area contributed by atoms with E-state index < -0.39 is 0 Å². The Kier molecular flexibility index (Phi) is 7.93. The minimum atomic E-state index is -0.0561. The summed E-state index contributed by atoms with van der Waals surface area (Å²) >= 11 is 0. The zero-order valence-corrected chi connectivity index (χ0v) is 18.0. The van der Waals surface area contributed by atoms with Crippen molar-refractivity contribution < 1.29 is 14.3 Å². The number of rotatable bonds is 5. The number of nitrogens with one attached hydrogen (secondary N) is 1. The molecule has 148 valence electrons. The van der Waals surface area contributed by atoms with Gasteiger partial charge in [-0.15, -0.1) is 24.0 Å². The zero-order chi connectivity index (χ0) is 17.8. The van der Waals surface area contributed by atoms with E-state index in [0.717, 1.165) is 45.4 Å². The van der Waals surface area contributed by atoms with Crippen LogP contribution in [0.3, 0.4) is 0 Å². The van der Waals surface area contributed by atoms with Crippen molar-refractivity contribution >= 4 is 41.8 Å². The molecule has 1 aliphatic carbocycles. The minimum absolute atomic E-state index is 0. The van der Waals surface area contributed by atoms with Crippen LogP contribution in [0, 0.1) is 0 Å². The molecule has 0 aromatic heterocycles. The molecule has 2 aliphatic heterocycles. The third kappa shape index (κ3) is 5.70. The molecule has 1 N–H and O–H groups in total. The Morgan fingerprint density at radius 3 is 2.65 bits per heavy atom. The van der Waals surface area contributed by atoms with Crippen LogP contribution in [0.2, 0.25) is 0 Å². The van der Waals surface area contributed by atoms with Gasteiger partial charge in [0.25, 0.3) is 0 Å². The highest BCUT2D eigenvalue weighted by Crippen LogP contribution is 2.28. The van der Waals surface area contributed by atoms with Gasteiger partial charge in [-0.2, -0.15) is 0 Å². The van der Waals surface area contributed by atoms with Crippen molar-refractivity contribution in [1.29, 1.82) is 0 Å². The lowest BCUT2D eigenvalue weighted by molar-refractivity contribution is -0.135. The van der Waals surface area contributed by atoms with Crippen molar-refractivity contribution in [3.05, 3.63) is 0 Å². The van der Waals surface area contributed by atoms with Gasteiger partial charge in [0.1, 0.15) is 6.54 Å². The fourth-order valence-electron chi connectivity index (χ4n) is 3.20. The van der Waals surface area contributed by atoms with E-state index in [4.69, 9.17) is 4.74 Å². The molecule has 2 amide bonds. The summed E-state index contributed by atoms with van der Waals surface area (Å²) in [6.07, 6.45) is 4.54. The SMILES string of the molecule is CN(C)C(=O)CN=C(NCC1CCCO1)N1CCN(C2CC2)C(=O)C1.I. The first-order valence-corrected chi connectivity index (χ1v) is 9.19. The molecule has 3 fully saturated rings. The molecule has 1 atom stereocenters. The van der Waals surface area contributed by atoms with E-state index in [1.165, 1.54) is 4.90 Å². The Hall–Kier alpha value is -1.10. The largest absolute Gasteiger partial charge is 0.376 e. The molecular weight excluding hydrogens is 449 g/mol. The second-order valence-corrected chi connectivity index (χ2v) is 7.18. The van der Waals surface area contributed by atoms with Gasteiger partial charge in [-0.05, 0) is 25.7 Å². The lowest BCUT2D eigenvalue weighted by Gasteiger charge is -2.36. The number of likely N-dealkylation sites (N-methyl/N-ethyl adjacent to an activating group) is 1. The smallest absolute Gasteiger partial charge is 0.243 e. The Balaban J connectivity index is 0.00000243. The third-order valence-electron chi connectivity index (χ3n) is 4.92. The molecule has 9 heteroatoms. The standard InChI is InChI=1S/C17H29N5O3.HI/c1-20(2)15(23)11-19-17(18-10-14-4-3-9-25-14)21-7-8-22(13-5-6-13)16(24)12-21;/h13-14H,3-12H2,1-2H3,(H,18,19);1H. The van der Waals surface area contributed by atoms with Crippen molar-refractivity contribution in [3.63, 3.8) is 0 Å². The number of hydrogen-bond donors (Lipinski definition) is 1. The Morgan fingerprint density at radius 2 is 2.08 bits per heavy atom. The topological polar surface area (TPSA) is 77.5 Å². The van der Waals surface area contributed by atoms with Crippen LogP contribution in [-0.4, -0.2) is 98.0 Å². The maximum atomic E-state index is 12.4. The highest BCUT2D eigenvalue weighted by atomic mass is 127. The summed E-state index contributed by atoms with van der Waals surface area (Å²) in [4.78, 5) is 34.2. The Morgan fingerprint density at radius 1 is 1.31 bits per heavy atom. The van der Waals surface area contributed by atoms with Crippen LogP contribution in [-0.2, 0) is 14.3 Å². The summed E-state index contributed by atoms with van der Waals surface area (Å²) in [6.45, 7) is 3.34. The summed E-state index contributed by atoms with van der Waals surface area (Å²) in [5.74, 6) is 0.730. The van der Waals surface area contributed by atoms with E-state index in [0.29, 0.717) is 25.1 Å². The van der Waals surface area contributed by atoms with Crippen LogP contribution < -0.4 is 5.32 Å². The molecule has 26 heavy (non-hydrogen) atoms. The first kappa shape index (κ1) is 21.2. The minimum Gasteiger partial charge on any atom is -0.376 e. The predicted molar refractivity (Wildman–Crippen MR) is 110 cm³/mol. The van der Waals surface area contributed by atoms with Gasteiger partial charge in [0.05, 0.1) is 12.6 Å². The first-order chi connectivity index (χ1) is 12.0. The van der Waals surface area contributed by atoms with Gasteiger partial charge in [-0.3, -0.25) is 9.59 Å². The number of piperazine rings is 1. The molecule has 3 rings (SSSR count). The van der Waals surface area contributed by atoms with Crippen molar-refractivity contribution in [1.82, 2.24) is 20.0 Å². The van der Waals surface area contributed by atoms with Gasteiger partial charge in [0.15, 0.2) is 5.96 Å². The molecule has 1 unspecified atom stereocenters. The van der Waals surface area contributed by atoms with E-state index in [1.54, 1.807) is 14.1 Å². The van der Waals surface area contributed by atoms with E-state index in [1.807, 2.05) is 9.80 Å². The highest BCUT2D eigenvalue weighted by Gasteiger charge is 2.36. The van der Waals surface area contributed by atoms with Gasteiger partial charge >= 0.3 is 0 Å². The monoisotopic (exact) mass is 479 g/mol. The number of aliphatic imine (C=N–C) groups is 1. The van der Waals surface area contributed by atoms with Crippen molar-refractivity contribution in [3.8, 4) is 0 Å². The Bertz CT molecular complexity index is 532. The lowest BCUT2D eigenvalue weighted by Crippen LogP contribution is -2.56. The van der Waals surface area contributed by atoms with Crippen LogP contribution in [0.1, 0.15) is 25.7 Å². The van der Waals surface area contributed by atoms with E-state index in [2.05, 4.69) is 10.3 Å². The lowest BCUT2D eigenvalue weighted by atomic mass is 10.2. The van der Waals surface area contributed by atoms with Gasteiger partial charge in [0.2, 0.25) is 11.8 Å². The summed E-state index contributed by atoms with van der Waals surface area (Å²) in [5.41, 5.74) is 0. The average Bonchev–Trinajstić information content (AvgIpc) is 3.29. The van der Waals surface area contributed by atoms with Crippen LogP contribution in [0.25, 0.3) is 0 Å². The van der Waals surface area contributed by atoms with Crippen LogP contribution >= 0.6 is 24.0 Å². The molecule has 2 heterocycles. The maximum Gasteiger partial charge on any atom is 0.243 e. The summed E-state index contributed by atoms with van der Waals surface area (Å²) in [5, 5.41) is 3.32. The molecule has 3 aliphatic rings. The van der Waals surface area contributed by atoms with Gasteiger partial charge in [-0.25, -0.2) is 4.99 Å². The molecule has 0 bridgehead atoms. The first-order valence-electron chi connectivity index (χ1n) is 9.19. The third-order valence-corrected chi connectivity index (χ3v) is 4.92. The molecule has 0 aromatic carbocycles. The second-order valence-electron chi connectivity index (χ2n) is 7.18. The molecule has 8 nitrogen and oxygen atoms in total. The van der Waals surface area contributed by atoms with E-state index >= 15 is 0 Å². The van der Waals surface area contributed by atoms with Crippen LogP contribution in [0.15, 0.2) is 4.99 Å². The molecule has 0 aromatic rings. The van der Waals surface area contributed by atoms with E-state index in [9.17, 15) is 9.59 Å². The zero-order valence-electron chi connectivity index (χ0n) is 15.6. The van der Waals surface area contributed by atoms with Gasteiger partial charge < -0.3 is 24.8 Å². The Labute approximate surface area is 172 Å². The molecule has 0 spiro atoms. The quantitative estimate of drug-likeness (QED) is 0.345. The van der Waals surface area contributed by atoms with Gasteiger partial charge in [0, 0.05) is 46.4 Å². The summed E-state index contributed by atoms with van der Waals surface area (Å²) < 4.78 is 5.65. The number of carbonyl (C=O) groups is 2. The molecule has 0 radical (unpaired) electrons. The number of halogens is 1.